The lowest BCUT2D eigenvalue weighted by Gasteiger charge is -2.13. The molecule has 0 amide bonds. The van der Waals surface area contributed by atoms with Crippen LogP contribution in [0.4, 0.5) is 0 Å². The van der Waals surface area contributed by atoms with Crippen molar-refractivity contribution in [3.05, 3.63) is 17.7 Å². The molecule has 0 atom stereocenters. The Morgan fingerprint density at radius 1 is 1.12 bits per heavy atom. The lowest BCUT2D eigenvalue weighted by Crippen LogP contribution is -2.06. The second-order valence-electron chi connectivity index (χ2n) is 2.96. The summed E-state index contributed by atoms with van der Waals surface area (Å²) in [6.07, 6.45) is 0. The zero-order valence-corrected chi connectivity index (χ0v) is 11.0. The largest absolute Gasteiger partial charge is 0.496 e. The van der Waals surface area contributed by atoms with Crippen molar-refractivity contribution < 1.29 is 19.0 Å². The van der Waals surface area contributed by atoms with E-state index in [2.05, 4.69) is 15.9 Å². The molecule has 0 spiro atoms. The van der Waals surface area contributed by atoms with Crippen LogP contribution in [-0.4, -0.2) is 32.4 Å². The lowest BCUT2D eigenvalue weighted by atomic mass is 10.1. The van der Waals surface area contributed by atoms with Gasteiger partial charge in [-0.1, -0.05) is 15.9 Å². The van der Waals surface area contributed by atoms with Crippen LogP contribution in [0.25, 0.3) is 0 Å². The zero-order valence-electron chi connectivity index (χ0n) is 9.37. The summed E-state index contributed by atoms with van der Waals surface area (Å²) in [7, 11) is 4.54. The van der Waals surface area contributed by atoms with E-state index in [1.165, 1.54) is 14.2 Å². The van der Waals surface area contributed by atoms with E-state index in [0.29, 0.717) is 22.8 Å². The Morgan fingerprint density at radius 3 is 1.94 bits per heavy atom. The van der Waals surface area contributed by atoms with E-state index in [-0.39, 0.29) is 11.1 Å². The molecule has 0 saturated heterocycles. The van der Waals surface area contributed by atoms with Crippen molar-refractivity contribution >= 4 is 21.7 Å². The van der Waals surface area contributed by atoms with E-state index in [1.54, 1.807) is 19.2 Å². The summed E-state index contributed by atoms with van der Waals surface area (Å²) in [6.45, 7) is 0. The average molecular weight is 289 g/mol. The SMILES string of the molecule is COc1cc(OC)c(C(=O)CBr)c(OC)c1. The molecule has 0 N–H and O–H groups in total. The Kier molecular flexibility index (Phi) is 4.61. The monoisotopic (exact) mass is 288 g/mol. The van der Waals surface area contributed by atoms with Crippen LogP contribution in [0.15, 0.2) is 12.1 Å². The van der Waals surface area contributed by atoms with E-state index in [9.17, 15) is 4.79 Å². The standard InChI is InChI=1S/C11H13BrO4/c1-14-7-4-9(15-2)11(8(13)6-12)10(5-7)16-3/h4-5H,6H2,1-3H3. The van der Waals surface area contributed by atoms with Crippen LogP contribution in [0.5, 0.6) is 17.2 Å². The van der Waals surface area contributed by atoms with Gasteiger partial charge in [0.1, 0.15) is 22.8 Å². The second-order valence-corrected chi connectivity index (χ2v) is 3.52. The molecule has 0 aromatic heterocycles. The molecular weight excluding hydrogens is 276 g/mol. The molecule has 0 aliphatic rings. The van der Waals surface area contributed by atoms with Gasteiger partial charge in [0.05, 0.1) is 26.7 Å². The summed E-state index contributed by atoms with van der Waals surface area (Å²) >= 11 is 3.12. The molecule has 1 rings (SSSR count). The molecule has 0 saturated carbocycles. The number of ether oxygens (including phenoxy) is 3. The van der Waals surface area contributed by atoms with Crippen LogP contribution in [0, 0.1) is 0 Å². The highest BCUT2D eigenvalue weighted by molar-refractivity contribution is 9.09. The molecule has 0 bridgehead atoms. The Labute approximate surface area is 103 Å². The normalized spacial score (nSPS) is 9.75. The Bertz CT molecular complexity index is 365. The average Bonchev–Trinajstić information content (AvgIpc) is 2.35. The van der Waals surface area contributed by atoms with Crippen LogP contribution in [0.2, 0.25) is 0 Å². The number of ketones is 1. The predicted molar refractivity (Wildman–Crippen MR) is 64.2 cm³/mol. The van der Waals surface area contributed by atoms with Gasteiger partial charge in [0.25, 0.3) is 0 Å². The highest BCUT2D eigenvalue weighted by atomic mass is 79.9. The molecule has 4 nitrogen and oxygen atoms in total. The fourth-order valence-electron chi connectivity index (χ4n) is 1.35. The van der Waals surface area contributed by atoms with Crippen LogP contribution < -0.4 is 14.2 Å². The van der Waals surface area contributed by atoms with Crippen LogP contribution in [0.3, 0.4) is 0 Å². The maximum atomic E-state index is 11.7. The molecule has 0 aliphatic heterocycles. The number of methoxy groups -OCH3 is 3. The number of carbonyl (C=O) groups is 1. The van der Waals surface area contributed by atoms with Gasteiger partial charge in [-0.05, 0) is 0 Å². The number of rotatable bonds is 5. The van der Waals surface area contributed by atoms with Crippen molar-refractivity contribution in [1.82, 2.24) is 0 Å². The predicted octanol–water partition coefficient (Wildman–Crippen LogP) is 2.29. The maximum absolute atomic E-state index is 11.7. The Morgan fingerprint density at radius 2 is 1.62 bits per heavy atom. The molecule has 0 unspecified atom stereocenters. The molecule has 0 fully saturated rings. The molecule has 5 heteroatoms. The van der Waals surface area contributed by atoms with Gasteiger partial charge in [-0.2, -0.15) is 0 Å². The smallest absolute Gasteiger partial charge is 0.180 e. The number of halogens is 1. The van der Waals surface area contributed by atoms with Crippen molar-refractivity contribution in [2.45, 2.75) is 0 Å². The van der Waals surface area contributed by atoms with E-state index in [4.69, 9.17) is 14.2 Å². The van der Waals surface area contributed by atoms with Gasteiger partial charge in [-0.25, -0.2) is 0 Å². The van der Waals surface area contributed by atoms with Gasteiger partial charge in [-0.3, -0.25) is 4.79 Å². The number of hydrogen-bond donors (Lipinski definition) is 0. The first-order valence-electron chi connectivity index (χ1n) is 4.57. The highest BCUT2D eigenvalue weighted by Crippen LogP contribution is 2.34. The molecular formula is C11H13BrO4. The molecule has 88 valence electrons. The number of hydrogen-bond acceptors (Lipinski definition) is 4. The van der Waals surface area contributed by atoms with Gasteiger partial charge in [0.15, 0.2) is 5.78 Å². The number of Topliss-reactive ketones (excluding diaryl/α,β-unsaturated/α-hetero) is 1. The Hall–Kier alpha value is -1.23. The van der Waals surface area contributed by atoms with Crippen LogP contribution in [0.1, 0.15) is 10.4 Å². The summed E-state index contributed by atoms with van der Waals surface area (Å²) in [5.74, 6) is 1.37. The van der Waals surface area contributed by atoms with Gasteiger partial charge < -0.3 is 14.2 Å². The minimum absolute atomic E-state index is 0.101. The van der Waals surface area contributed by atoms with Crippen LogP contribution >= 0.6 is 15.9 Å². The third-order valence-corrected chi connectivity index (χ3v) is 2.62. The first kappa shape index (κ1) is 12.8. The highest BCUT2D eigenvalue weighted by Gasteiger charge is 2.19. The lowest BCUT2D eigenvalue weighted by molar-refractivity contribution is 0.101. The van der Waals surface area contributed by atoms with Crippen molar-refractivity contribution in [2.75, 3.05) is 26.7 Å². The van der Waals surface area contributed by atoms with Crippen LogP contribution in [-0.2, 0) is 0 Å². The summed E-state index contributed by atoms with van der Waals surface area (Å²) < 4.78 is 15.4. The first-order chi connectivity index (χ1) is 7.67. The summed E-state index contributed by atoms with van der Waals surface area (Å²) in [4.78, 5) is 11.7. The summed E-state index contributed by atoms with van der Waals surface area (Å²) in [5.41, 5.74) is 0.419. The molecule has 0 aliphatic carbocycles. The molecule has 1 aromatic carbocycles. The second kappa shape index (κ2) is 5.75. The molecule has 0 radical (unpaired) electrons. The fraction of sp³-hybridized carbons (Fsp3) is 0.364. The zero-order chi connectivity index (χ0) is 12.1. The van der Waals surface area contributed by atoms with Gasteiger partial charge in [0, 0.05) is 12.1 Å². The third-order valence-electron chi connectivity index (χ3n) is 2.12. The van der Waals surface area contributed by atoms with Gasteiger partial charge in [0.2, 0.25) is 0 Å². The summed E-state index contributed by atoms with van der Waals surface area (Å²) in [6, 6.07) is 3.30. The molecule has 0 heterocycles. The van der Waals surface area contributed by atoms with E-state index in [0.717, 1.165) is 0 Å². The van der Waals surface area contributed by atoms with E-state index in [1.807, 2.05) is 0 Å². The first-order valence-corrected chi connectivity index (χ1v) is 5.69. The fourth-order valence-corrected chi connectivity index (χ4v) is 1.63. The molecule has 1 aromatic rings. The molecule has 16 heavy (non-hydrogen) atoms. The quantitative estimate of drug-likeness (QED) is 0.616. The van der Waals surface area contributed by atoms with Crippen molar-refractivity contribution in [1.29, 1.82) is 0 Å². The van der Waals surface area contributed by atoms with E-state index >= 15 is 0 Å². The maximum Gasteiger partial charge on any atom is 0.180 e. The van der Waals surface area contributed by atoms with Gasteiger partial charge in [-0.15, -0.1) is 0 Å². The minimum atomic E-state index is -0.101. The topological polar surface area (TPSA) is 44.8 Å². The number of benzene rings is 1. The number of alkyl halides is 1. The van der Waals surface area contributed by atoms with E-state index < -0.39 is 0 Å². The van der Waals surface area contributed by atoms with Crippen molar-refractivity contribution in [2.24, 2.45) is 0 Å². The minimum Gasteiger partial charge on any atom is -0.496 e. The van der Waals surface area contributed by atoms with Crippen molar-refractivity contribution in [3.63, 3.8) is 0 Å². The van der Waals surface area contributed by atoms with Crippen molar-refractivity contribution in [3.8, 4) is 17.2 Å². The van der Waals surface area contributed by atoms with Gasteiger partial charge >= 0.3 is 0 Å². The number of carbonyl (C=O) groups excluding carboxylic acids is 1. The third kappa shape index (κ3) is 2.47. The Balaban J connectivity index is 3.37. The summed E-state index contributed by atoms with van der Waals surface area (Å²) in [5, 5.41) is 0.214.